The SMILES string of the molecule is CCCn1c(C)c(C)c2ccnc(-c3ccc(Cl)cc3)c21. The van der Waals surface area contributed by atoms with Crippen LogP contribution >= 0.6 is 11.6 Å². The summed E-state index contributed by atoms with van der Waals surface area (Å²) in [5.74, 6) is 0. The number of hydrogen-bond acceptors (Lipinski definition) is 1. The summed E-state index contributed by atoms with van der Waals surface area (Å²) < 4.78 is 2.39. The molecular weight excluding hydrogens is 280 g/mol. The lowest BCUT2D eigenvalue weighted by Crippen LogP contribution is -2.01. The van der Waals surface area contributed by atoms with Gasteiger partial charge in [0.15, 0.2) is 0 Å². The average molecular weight is 299 g/mol. The molecule has 3 aromatic rings. The molecule has 0 unspecified atom stereocenters. The van der Waals surface area contributed by atoms with Crippen molar-refractivity contribution < 1.29 is 0 Å². The Morgan fingerprint density at radius 3 is 2.48 bits per heavy atom. The van der Waals surface area contributed by atoms with Crippen LogP contribution in [0.4, 0.5) is 0 Å². The molecule has 0 spiro atoms. The van der Waals surface area contributed by atoms with Crippen molar-refractivity contribution in [2.45, 2.75) is 33.7 Å². The molecule has 21 heavy (non-hydrogen) atoms. The molecule has 0 radical (unpaired) electrons. The molecule has 1 aromatic carbocycles. The predicted octanol–water partition coefficient (Wildman–Crippen LogP) is 5.38. The lowest BCUT2D eigenvalue weighted by Gasteiger charge is -2.10. The minimum atomic E-state index is 0.752. The van der Waals surface area contributed by atoms with Crippen LogP contribution in [0.1, 0.15) is 24.6 Å². The standard InChI is InChI=1S/C18H19ClN2/c1-4-11-21-13(3)12(2)16-9-10-20-17(18(16)21)14-5-7-15(19)8-6-14/h5-10H,4,11H2,1-3H3. The number of halogens is 1. The van der Waals surface area contributed by atoms with E-state index in [1.54, 1.807) is 0 Å². The van der Waals surface area contributed by atoms with E-state index in [4.69, 9.17) is 11.6 Å². The number of pyridine rings is 1. The molecule has 3 rings (SSSR count). The molecule has 0 amide bonds. The van der Waals surface area contributed by atoms with Gasteiger partial charge in [-0.15, -0.1) is 0 Å². The van der Waals surface area contributed by atoms with Gasteiger partial charge >= 0.3 is 0 Å². The highest BCUT2D eigenvalue weighted by Gasteiger charge is 2.15. The first-order valence-corrected chi connectivity index (χ1v) is 7.71. The number of aromatic nitrogens is 2. The van der Waals surface area contributed by atoms with Crippen LogP contribution in [-0.4, -0.2) is 9.55 Å². The van der Waals surface area contributed by atoms with Gasteiger partial charge < -0.3 is 4.57 Å². The fourth-order valence-corrected chi connectivity index (χ4v) is 3.04. The van der Waals surface area contributed by atoms with Crippen LogP contribution in [0.5, 0.6) is 0 Å². The van der Waals surface area contributed by atoms with Gasteiger partial charge in [0.1, 0.15) is 0 Å². The maximum atomic E-state index is 6.00. The summed E-state index contributed by atoms with van der Waals surface area (Å²) in [6.45, 7) is 7.60. The van der Waals surface area contributed by atoms with E-state index in [0.29, 0.717) is 0 Å². The Morgan fingerprint density at radius 1 is 1.10 bits per heavy atom. The Balaban J connectivity index is 2.32. The molecule has 108 valence electrons. The summed E-state index contributed by atoms with van der Waals surface area (Å²) in [5.41, 5.74) is 6.05. The second kappa shape index (κ2) is 5.53. The van der Waals surface area contributed by atoms with Crippen molar-refractivity contribution in [1.29, 1.82) is 0 Å². The summed E-state index contributed by atoms with van der Waals surface area (Å²) in [6.07, 6.45) is 3.01. The van der Waals surface area contributed by atoms with Gasteiger partial charge in [0.25, 0.3) is 0 Å². The fourth-order valence-electron chi connectivity index (χ4n) is 2.92. The van der Waals surface area contributed by atoms with Gasteiger partial charge in [-0.05, 0) is 44.0 Å². The molecule has 0 N–H and O–H groups in total. The van der Waals surface area contributed by atoms with Crippen molar-refractivity contribution in [3.05, 3.63) is 52.8 Å². The van der Waals surface area contributed by atoms with Gasteiger partial charge in [0.05, 0.1) is 11.2 Å². The quantitative estimate of drug-likeness (QED) is 0.634. The van der Waals surface area contributed by atoms with Crippen molar-refractivity contribution in [3.63, 3.8) is 0 Å². The molecule has 0 aliphatic carbocycles. The van der Waals surface area contributed by atoms with Crippen molar-refractivity contribution >= 4 is 22.5 Å². The van der Waals surface area contributed by atoms with Crippen LogP contribution in [0.3, 0.4) is 0 Å². The molecule has 0 bridgehead atoms. The van der Waals surface area contributed by atoms with Gasteiger partial charge in [-0.25, -0.2) is 0 Å². The number of benzene rings is 1. The molecule has 0 fully saturated rings. The van der Waals surface area contributed by atoms with Crippen LogP contribution in [-0.2, 0) is 6.54 Å². The van der Waals surface area contributed by atoms with E-state index in [1.165, 1.54) is 22.2 Å². The van der Waals surface area contributed by atoms with E-state index in [9.17, 15) is 0 Å². The summed E-state index contributed by atoms with van der Waals surface area (Å²) >= 11 is 6.00. The average Bonchev–Trinajstić information content (AvgIpc) is 2.74. The maximum absolute atomic E-state index is 6.00. The summed E-state index contributed by atoms with van der Waals surface area (Å²) in [6, 6.07) is 10.0. The Bertz CT molecular complexity index is 785. The minimum absolute atomic E-state index is 0.752. The van der Waals surface area contributed by atoms with Crippen LogP contribution in [0.15, 0.2) is 36.5 Å². The predicted molar refractivity (Wildman–Crippen MR) is 89.9 cm³/mol. The van der Waals surface area contributed by atoms with Crippen molar-refractivity contribution in [2.75, 3.05) is 0 Å². The van der Waals surface area contributed by atoms with Gasteiger partial charge in [-0.1, -0.05) is 30.7 Å². The van der Waals surface area contributed by atoms with Crippen LogP contribution in [0, 0.1) is 13.8 Å². The third-order valence-corrected chi connectivity index (χ3v) is 4.36. The molecule has 0 aliphatic heterocycles. The van der Waals surface area contributed by atoms with Gasteiger partial charge in [-0.3, -0.25) is 4.98 Å². The zero-order valence-corrected chi connectivity index (χ0v) is 13.4. The third-order valence-electron chi connectivity index (χ3n) is 4.11. The monoisotopic (exact) mass is 298 g/mol. The molecule has 2 heterocycles. The first-order valence-electron chi connectivity index (χ1n) is 7.33. The maximum Gasteiger partial charge on any atom is 0.0944 e. The first kappa shape index (κ1) is 14.2. The highest BCUT2D eigenvalue weighted by Crippen LogP contribution is 2.32. The van der Waals surface area contributed by atoms with Crippen molar-refractivity contribution in [3.8, 4) is 11.3 Å². The Kier molecular flexibility index (Phi) is 3.73. The van der Waals surface area contributed by atoms with E-state index in [2.05, 4.69) is 36.4 Å². The lowest BCUT2D eigenvalue weighted by molar-refractivity contribution is 0.683. The van der Waals surface area contributed by atoms with E-state index >= 15 is 0 Å². The largest absolute Gasteiger partial charge is 0.343 e. The zero-order valence-electron chi connectivity index (χ0n) is 12.7. The fraction of sp³-hybridized carbons (Fsp3) is 0.278. The number of hydrogen-bond donors (Lipinski definition) is 0. The number of fused-ring (bicyclic) bond motifs is 1. The van der Waals surface area contributed by atoms with E-state index in [-0.39, 0.29) is 0 Å². The molecule has 2 nitrogen and oxygen atoms in total. The normalized spacial score (nSPS) is 11.2. The summed E-state index contributed by atoms with van der Waals surface area (Å²) in [4.78, 5) is 4.64. The second-order valence-corrected chi connectivity index (χ2v) is 5.86. The second-order valence-electron chi connectivity index (χ2n) is 5.42. The van der Waals surface area contributed by atoms with E-state index in [0.717, 1.165) is 29.2 Å². The smallest absolute Gasteiger partial charge is 0.0944 e. The molecular formula is C18H19ClN2. The Hall–Kier alpha value is -1.80. The Morgan fingerprint density at radius 2 is 1.81 bits per heavy atom. The molecule has 0 saturated heterocycles. The molecule has 3 heteroatoms. The third kappa shape index (κ3) is 2.34. The molecule has 2 aromatic heterocycles. The zero-order chi connectivity index (χ0) is 15.0. The van der Waals surface area contributed by atoms with Gasteiger partial charge in [-0.2, -0.15) is 0 Å². The van der Waals surface area contributed by atoms with Crippen LogP contribution < -0.4 is 0 Å². The topological polar surface area (TPSA) is 17.8 Å². The highest BCUT2D eigenvalue weighted by atomic mass is 35.5. The molecule has 0 atom stereocenters. The first-order chi connectivity index (χ1) is 10.1. The molecule has 0 aliphatic rings. The van der Waals surface area contributed by atoms with Gasteiger partial charge in [0.2, 0.25) is 0 Å². The number of aryl methyl sites for hydroxylation is 2. The summed E-state index contributed by atoms with van der Waals surface area (Å²) in [7, 11) is 0. The van der Waals surface area contributed by atoms with Crippen molar-refractivity contribution in [2.24, 2.45) is 0 Å². The Labute approximate surface area is 130 Å². The van der Waals surface area contributed by atoms with Crippen molar-refractivity contribution in [1.82, 2.24) is 9.55 Å². The minimum Gasteiger partial charge on any atom is -0.343 e. The summed E-state index contributed by atoms with van der Waals surface area (Å²) in [5, 5.41) is 2.04. The highest BCUT2D eigenvalue weighted by molar-refractivity contribution is 6.30. The van der Waals surface area contributed by atoms with E-state index < -0.39 is 0 Å². The van der Waals surface area contributed by atoms with Gasteiger partial charge in [0, 0.05) is 34.4 Å². The van der Waals surface area contributed by atoms with Crippen LogP contribution in [0.2, 0.25) is 5.02 Å². The molecule has 0 saturated carbocycles. The van der Waals surface area contributed by atoms with E-state index in [1.807, 2.05) is 30.5 Å². The van der Waals surface area contributed by atoms with Crippen LogP contribution in [0.25, 0.3) is 22.2 Å². The number of nitrogens with zero attached hydrogens (tertiary/aromatic N) is 2. The lowest BCUT2D eigenvalue weighted by atomic mass is 10.1. The number of rotatable bonds is 3.